The van der Waals surface area contributed by atoms with E-state index in [2.05, 4.69) is 36.5 Å². The molecule has 0 saturated heterocycles. The fourth-order valence-electron chi connectivity index (χ4n) is 1.95. The van der Waals surface area contributed by atoms with Gasteiger partial charge in [0.15, 0.2) is 6.61 Å². The Kier molecular flexibility index (Phi) is 5.72. The summed E-state index contributed by atoms with van der Waals surface area (Å²) in [5.41, 5.74) is 3.54. The van der Waals surface area contributed by atoms with Crippen molar-refractivity contribution in [2.75, 3.05) is 6.61 Å². The number of carbonyl (C=O) groups excluding carboxylic acids is 1. The van der Waals surface area contributed by atoms with Crippen molar-refractivity contribution in [2.45, 2.75) is 26.8 Å². The summed E-state index contributed by atoms with van der Waals surface area (Å²) in [6.07, 6.45) is 1.60. The molecule has 116 valence electrons. The second kappa shape index (κ2) is 7.75. The normalized spacial score (nSPS) is 12.3. The van der Waals surface area contributed by atoms with E-state index in [0.717, 1.165) is 10.4 Å². The Morgan fingerprint density at radius 1 is 1.36 bits per heavy atom. The lowest BCUT2D eigenvalue weighted by Crippen LogP contribution is -2.29. The van der Waals surface area contributed by atoms with Gasteiger partial charge in [-0.1, -0.05) is 29.4 Å². The van der Waals surface area contributed by atoms with Crippen LogP contribution >= 0.6 is 11.3 Å². The molecule has 1 atom stereocenters. The van der Waals surface area contributed by atoms with Gasteiger partial charge in [-0.25, -0.2) is 0 Å². The van der Waals surface area contributed by atoms with Gasteiger partial charge in [-0.3, -0.25) is 4.79 Å². The second-order valence-corrected chi connectivity index (χ2v) is 6.14. The Morgan fingerprint density at radius 3 is 2.86 bits per heavy atom. The summed E-state index contributed by atoms with van der Waals surface area (Å²) >= 11 is 1.56. The molecule has 0 aliphatic rings. The number of oxime groups is 1. The van der Waals surface area contributed by atoms with Crippen LogP contribution in [-0.4, -0.2) is 18.7 Å². The first-order chi connectivity index (χ1) is 10.6. The minimum Gasteiger partial charge on any atom is -0.386 e. The molecule has 1 N–H and O–H groups in total. The van der Waals surface area contributed by atoms with Gasteiger partial charge in [-0.05, 0) is 48.9 Å². The number of nitrogens with one attached hydrogen (secondary N) is 1. The molecule has 1 amide bonds. The van der Waals surface area contributed by atoms with Crippen molar-refractivity contribution < 1.29 is 9.63 Å². The average molecular weight is 316 g/mol. The van der Waals surface area contributed by atoms with Crippen LogP contribution in [0.5, 0.6) is 0 Å². The molecule has 0 fully saturated rings. The smallest absolute Gasteiger partial charge is 0.261 e. The molecule has 22 heavy (non-hydrogen) atoms. The van der Waals surface area contributed by atoms with Crippen molar-refractivity contribution in [3.8, 4) is 0 Å². The molecule has 0 spiro atoms. The van der Waals surface area contributed by atoms with E-state index in [1.165, 1.54) is 11.1 Å². The van der Waals surface area contributed by atoms with Gasteiger partial charge >= 0.3 is 0 Å². The van der Waals surface area contributed by atoms with E-state index in [-0.39, 0.29) is 18.6 Å². The van der Waals surface area contributed by atoms with Crippen LogP contribution in [0.2, 0.25) is 0 Å². The van der Waals surface area contributed by atoms with E-state index in [9.17, 15) is 4.79 Å². The number of thiophene rings is 1. The van der Waals surface area contributed by atoms with E-state index in [4.69, 9.17) is 4.84 Å². The van der Waals surface area contributed by atoms with Crippen molar-refractivity contribution in [1.82, 2.24) is 5.32 Å². The third-order valence-electron chi connectivity index (χ3n) is 3.40. The Hall–Kier alpha value is -2.14. The minimum atomic E-state index is -0.186. The molecule has 2 aromatic rings. The summed E-state index contributed by atoms with van der Waals surface area (Å²) in [6, 6.07) is 9.99. The Balaban J connectivity index is 1.79. The fraction of sp³-hybridized carbons (Fsp3) is 0.294. The molecule has 1 unspecified atom stereocenters. The number of rotatable bonds is 6. The standard InChI is InChI=1S/C17H20N2O2S/c1-12-6-7-15(9-13(12)2)14(3)19-17(20)11-21-18-10-16-5-4-8-22-16/h4-10,14H,11H2,1-3H3,(H,19,20)/b18-10+. The molecule has 0 aliphatic heterocycles. The summed E-state index contributed by atoms with van der Waals surface area (Å²) < 4.78 is 0. The number of benzene rings is 1. The third-order valence-corrected chi connectivity index (χ3v) is 4.21. The monoisotopic (exact) mass is 316 g/mol. The molecule has 1 aromatic heterocycles. The average Bonchev–Trinajstić information content (AvgIpc) is 2.99. The van der Waals surface area contributed by atoms with E-state index < -0.39 is 0 Å². The highest BCUT2D eigenvalue weighted by Gasteiger charge is 2.10. The van der Waals surface area contributed by atoms with Crippen LogP contribution in [0, 0.1) is 13.8 Å². The summed E-state index contributed by atoms with van der Waals surface area (Å²) in [6.45, 7) is 6.01. The van der Waals surface area contributed by atoms with Gasteiger partial charge in [0.2, 0.25) is 0 Å². The Labute approximate surface area is 134 Å². The van der Waals surface area contributed by atoms with Crippen LogP contribution in [0.25, 0.3) is 0 Å². The van der Waals surface area contributed by atoms with E-state index >= 15 is 0 Å². The second-order valence-electron chi connectivity index (χ2n) is 5.16. The van der Waals surface area contributed by atoms with Gasteiger partial charge in [0.1, 0.15) is 0 Å². The Bertz CT molecular complexity index is 651. The molecule has 0 saturated carbocycles. The lowest BCUT2D eigenvalue weighted by Gasteiger charge is -2.15. The van der Waals surface area contributed by atoms with Gasteiger partial charge < -0.3 is 10.2 Å². The molecule has 5 heteroatoms. The highest BCUT2D eigenvalue weighted by molar-refractivity contribution is 7.11. The number of hydrogen-bond donors (Lipinski definition) is 1. The zero-order valence-electron chi connectivity index (χ0n) is 13.0. The zero-order chi connectivity index (χ0) is 15.9. The maximum atomic E-state index is 11.8. The lowest BCUT2D eigenvalue weighted by molar-refractivity contribution is -0.126. The Morgan fingerprint density at radius 2 is 2.18 bits per heavy atom. The zero-order valence-corrected chi connectivity index (χ0v) is 13.8. The van der Waals surface area contributed by atoms with Gasteiger partial charge in [0, 0.05) is 4.88 Å². The highest BCUT2D eigenvalue weighted by Crippen LogP contribution is 2.16. The topological polar surface area (TPSA) is 50.7 Å². The number of hydrogen-bond acceptors (Lipinski definition) is 4. The maximum Gasteiger partial charge on any atom is 0.261 e. The van der Waals surface area contributed by atoms with Crippen LogP contribution in [0.3, 0.4) is 0 Å². The number of aryl methyl sites for hydroxylation is 2. The van der Waals surface area contributed by atoms with Crippen molar-refractivity contribution in [3.05, 3.63) is 57.3 Å². The lowest BCUT2D eigenvalue weighted by atomic mass is 10.0. The minimum absolute atomic E-state index is 0.0586. The third kappa shape index (κ3) is 4.70. The van der Waals surface area contributed by atoms with Crippen LogP contribution in [0.15, 0.2) is 40.9 Å². The first-order valence-electron chi connectivity index (χ1n) is 7.11. The number of carbonyl (C=O) groups is 1. The first kappa shape index (κ1) is 16.2. The first-order valence-corrected chi connectivity index (χ1v) is 7.99. The van der Waals surface area contributed by atoms with Crippen LogP contribution in [-0.2, 0) is 9.63 Å². The van der Waals surface area contributed by atoms with Crippen molar-refractivity contribution in [2.24, 2.45) is 5.16 Å². The SMILES string of the molecule is Cc1ccc(C(C)NC(=O)CO/N=C/c2cccs2)cc1C. The molecule has 4 nitrogen and oxygen atoms in total. The largest absolute Gasteiger partial charge is 0.386 e. The van der Waals surface area contributed by atoms with Gasteiger partial charge in [0.25, 0.3) is 5.91 Å². The summed E-state index contributed by atoms with van der Waals surface area (Å²) in [5, 5.41) is 8.64. The van der Waals surface area contributed by atoms with E-state index in [1.807, 2.05) is 30.5 Å². The quantitative estimate of drug-likeness (QED) is 0.654. The molecule has 0 aliphatic carbocycles. The molecular formula is C17H20N2O2S. The summed E-state index contributed by atoms with van der Waals surface area (Å²) in [4.78, 5) is 17.8. The summed E-state index contributed by atoms with van der Waals surface area (Å²) in [5.74, 6) is -0.186. The van der Waals surface area contributed by atoms with Crippen LogP contribution in [0.1, 0.15) is 34.5 Å². The number of nitrogens with zero attached hydrogens (tertiary/aromatic N) is 1. The summed E-state index contributed by atoms with van der Waals surface area (Å²) in [7, 11) is 0. The molecular weight excluding hydrogens is 296 g/mol. The van der Waals surface area contributed by atoms with Crippen molar-refractivity contribution in [1.29, 1.82) is 0 Å². The van der Waals surface area contributed by atoms with E-state index in [1.54, 1.807) is 17.6 Å². The molecule has 1 heterocycles. The van der Waals surface area contributed by atoms with Crippen molar-refractivity contribution in [3.63, 3.8) is 0 Å². The predicted octanol–water partition coefficient (Wildman–Crippen LogP) is 3.59. The number of amides is 1. The molecule has 0 bridgehead atoms. The maximum absolute atomic E-state index is 11.8. The molecule has 1 aromatic carbocycles. The predicted molar refractivity (Wildman–Crippen MR) is 90.3 cm³/mol. The van der Waals surface area contributed by atoms with E-state index in [0.29, 0.717) is 0 Å². The van der Waals surface area contributed by atoms with Crippen LogP contribution in [0.4, 0.5) is 0 Å². The van der Waals surface area contributed by atoms with Gasteiger partial charge in [0.05, 0.1) is 12.3 Å². The fourth-order valence-corrected chi connectivity index (χ4v) is 2.53. The van der Waals surface area contributed by atoms with Crippen molar-refractivity contribution >= 4 is 23.5 Å². The van der Waals surface area contributed by atoms with Gasteiger partial charge in [-0.2, -0.15) is 0 Å². The highest BCUT2D eigenvalue weighted by atomic mass is 32.1. The molecule has 0 radical (unpaired) electrons. The van der Waals surface area contributed by atoms with Gasteiger partial charge in [-0.15, -0.1) is 11.3 Å². The van der Waals surface area contributed by atoms with Crippen LogP contribution < -0.4 is 5.32 Å². The molecule has 2 rings (SSSR count).